The fourth-order valence-electron chi connectivity index (χ4n) is 2.28. The third-order valence-electron chi connectivity index (χ3n) is 3.35. The fraction of sp³-hybridized carbons (Fsp3) is 0.214. The van der Waals surface area contributed by atoms with Crippen LogP contribution >= 0.6 is 15.9 Å². The molecule has 0 spiro atoms. The molecule has 0 radical (unpaired) electrons. The first-order chi connectivity index (χ1) is 10.1. The zero-order chi connectivity index (χ0) is 15.0. The lowest BCUT2D eigenvalue weighted by Gasteiger charge is -2.07. The summed E-state index contributed by atoms with van der Waals surface area (Å²) < 4.78 is 4.18. The van der Waals surface area contributed by atoms with Crippen LogP contribution in [0.4, 0.5) is 0 Å². The highest BCUT2D eigenvalue weighted by molar-refractivity contribution is 9.10. The van der Waals surface area contributed by atoms with Gasteiger partial charge in [0, 0.05) is 11.0 Å². The van der Waals surface area contributed by atoms with Gasteiger partial charge in [0.25, 0.3) is 5.56 Å². The molecule has 6 nitrogen and oxygen atoms in total. The second-order valence-electron chi connectivity index (χ2n) is 4.67. The molecular formula is C14H13BrN4O2. The van der Waals surface area contributed by atoms with Crippen molar-refractivity contribution in [1.82, 2.24) is 19.1 Å². The summed E-state index contributed by atoms with van der Waals surface area (Å²) in [5, 5.41) is 0. The number of aromatic amines is 1. The van der Waals surface area contributed by atoms with Gasteiger partial charge in [0.15, 0.2) is 11.2 Å². The molecule has 3 aromatic rings. The van der Waals surface area contributed by atoms with Crippen LogP contribution in [0.25, 0.3) is 11.2 Å². The number of aryl methyl sites for hydroxylation is 1. The van der Waals surface area contributed by atoms with E-state index in [9.17, 15) is 9.59 Å². The number of nitrogens with one attached hydrogen (secondary N) is 1. The summed E-state index contributed by atoms with van der Waals surface area (Å²) in [6, 6.07) is 7.66. The van der Waals surface area contributed by atoms with Crippen molar-refractivity contribution in [3.05, 3.63) is 61.5 Å². The average molecular weight is 349 g/mol. The zero-order valence-electron chi connectivity index (χ0n) is 11.3. The maximum absolute atomic E-state index is 12.1. The number of halogens is 1. The third kappa shape index (κ3) is 2.44. The van der Waals surface area contributed by atoms with Crippen molar-refractivity contribution in [2.24, 2.45) is 0 Å². The van der Waals surface area contributed by atoms with Gasteiger partial charge in [-0.2, -0.15) is 0 Å². The van der Waals surface area contributed by atoms with Gasteiger partial charge in [0.2, 0.25) is 0 Å². The van der Waals surface area contributed by atoms with E-state index < -0.39 is 11.2 Å². The molecule has 21 heavy (non-hydrogen) atoms. The topological polar surface area (TPSA) is 72.7 Å². The number of hydrogen-bond donors (Lipinski definition) is 1. The number of fused-ring (bicyclic) bond motifs is 1. The summed E-state index contributed by atoms with van der Waals surface area (Å²) in [5.41, 5.74) is 0.945. The van der Waals surface area contributed by atoms with Crippen molar-refractivity contribution in [2.75, 3.05) is 0 Å². The number of aromatic nitrogens is 4. The molecule has 0 saturated heterocycles. The molecule has 0 atom stereocenters. The minimum Gasteiger partial charge on any atom is -0.325 e. The van der Waals surface area contributed by atoms with E-state index in [1.807, 2.05) is 31.2 Å². The van der Waals surface area contributed by atoms with E-state index in [2.05, 4.69) is 25.9 Å². The van der Waals surface area contributed by atoms with E-state index in [4.69, 9.17) is 0 Å². The minimum atomic E-state index is -0.447. The number of hydrogen-bond acceptors (Lipinski definition) is 3. The smallest absolute Gasteiger partial charge is 0.325 e. The van der Waals surface area contributed by atoms with E-state index in [1.165, 1.54) is 4.57 Å². The number of imidazole rings is 1. The normalized spacial score (nSPS) is 11.1. The lowest BCUT2D eigenvalue weighted by molar-refractivity contribution is 0.742. The fourth-order valence-corrected chi connectivity index (χ4v) is 2.54. The first kappa shape index (κ1) is 13.8. The second kappa shape index (κ2) is 5.33. The molecule has 1 N–H and O–H groups in total. The van der Waals surface area contributed by atoms with Crippen molar-refractivity contribution in [1.29, 1.82) is 0 Å². The van der Waals surface area contributed by atoms with Crippen LogP contribution in [0.5, 0.6) is 0 Å². The Hall–Kier alpha value is -2.15. The highest BCUT2D eigenvalue weighted by Crippen LogP contribution is 2.13. The summed E-state index contributed by atoms with van der Waals surface area (Å²) in [4.78, 5) is 30.6. The third-order valence-corrected chi connectivity index (χ3v) is 3.88. The van der Waals surface area contributed by atoms with Crippen LogP contribution < -0.4 is 11.2 Å². The molecule has 2 heterocycles. The Balaban J connectivity index is 2.18. The molecule has 0 aliphatic carbocycles. The summed E-state index contributed by atoms with van der Waals surface area (Å²) >= 11 is 3.38. The molecule has 0 amide bonds. The summed E-state index contributed by atoms with van der Waals surface area (Å²) in [5.74, 6) is 0. The van der Waals surface area contributed by atoms with Crippen LogP contribution in [0.2, 0.25) is 0 Å². The van der Waals surface area contributed by atoms with E-state index in [0.29, 0.717) is 24.3 Å². The Labute approximate surface area is 128 Å². The molecule has 0 fully saturated rings. The van der Waals surface area contributed by atoms with Crippen LogP contribution in [-0.2, 0) is 13.1 Å². The summed E-state index contributed by atoms with van der Waals surface area (Å²) in [7, 11) is 0. The number of benzene rings is 1. The van der Waals surface area contributed by atoms with E-state index >= 15 is 0 Å². The first-order valence-corrected chi connectivity index (χ1v) is 7.32. The van der Waals surface area contributed by atoms with Gasteiger partial charge in [0.1, 0.15) is 0 Å². The van der Waals surface area contributed by atoms with E-state index in [-0.39, 0.29) is 0 Å². The Bertz CT molecular complexity index is 905. The zero-order valence-corrected chi connectivity index (χ0v) is 12.9. The van der Waals surface area contributed by atoms with Crippen LogP contribution in [0.15, 0.2) is 44.7 Å². The van der Waals surface area contributed by atoms with Gasteiger partial charge < -0.3 is 4.57 Å². The predicted octanol–water partition coefficient (Wildman–Crippen LogP) is 1.72. The van der Waals surface area contributed by atoms with Gasteiger partial charge in [-0.1, -0.05) is 28.1 Å². The second-order valence-corrected chi connectivity index (χ2v) is 5.59. The van der Waals surface area contributed by atoms with Gasteiger partial charge in [-0.15, -0.1) is 0 Å². The average Bonchev–Trinajstić information content (AvgIpc) is 2.89. The molecule has 108 valence electrons. The van der Waals surface area contributed by atoms with Crippen molar-refractivity contribution in [3.63, 3.8) is 0 Å². The van der Waals surface area contributed by atoms with Crippen molar-refractivity contribution in [2.45, 2.75) is 20.0 Å². The first-order valence-electron chi connectivity index (χ1n) is 6.52. The molecule has 2 aromatic heterocycles. The molecule has 0 saturated carbocycles. The molecule has 7 heteroatoms. The summed E-state index contributed by atoms with van der Waals surface area (Å²) in [6.45, 7) is 2.90. The highest BCUT2D eigenvalue weighted by Gasteiger charge is 2.13. The maximum atomic E-state index is 12.1. The molecular weight excluding hydrogens is 336 g/mol. The van der Waals surface area contributed by atoms with Crippen LogP contribution in [0, 0.1) is 0 Å². The maximum Gasteiger partial charge on any atom is 0.330 e. The van der Waals surface area contributed by atoms with Crippen molar-refractivity contribution >= 4 is 27.1 Å². The van der Waals surface area contributed by atoms with Crippen molar-refractivity contribution < 1.29 is 0 Å². The summed E-state index contributed by atoms with van der Waals surface area (Å²) in [6.07, 6.45) is 1.58. The molecule has 0 bridgehead atoms. The number of rotatable bonds is 3. The SMILES string of the molecule is CCn1cnc2c1c(=O)[nH]c(=O)n2Cc1ccc(Br)cc1. The Morgan fingerprint density at radius 2 is 1.95 bits per heavy atom. The minimum absolute atomic E-state index is 0.361. The molecule has 3 rings (SSSR count). The largest absolute Gasteiger partial charge is 0.330 e. The number of H-pyrrole nitrogens is 1. The lowest BCUT2D eigenvalue weighted by Crippen LogP contribution is -2.31. The molecule has 0 aliphatic heterocycles. The van der Waals surface area contributed by atoms with Crippen LogP contribution in [0.1, 0.15) is 12.5 Å². The van der Waals surface area contributed by atoms with Crippen LogP contribution in [0.3, 0.4) is 0 Å². The highest BCUT2D eigenvalue weighted by atomic mass is 79.9. The molecule has 1 aromatic carbocycles. The Kier molecular flexibility index (Phi) is 3.50. The van der Waals surface area contributed by atoms with Crippen molar-refractivity contribution in [3.8, 4) is 0 Å². The van der Waals surface area contributed by atoms with Gasteiger partial charge in [-0.3, -0.25) is 14.3 Å². The lowest BCUT2D eigenvalue weighted by atomic mass is 10.2. The molecule has 0 unspecified atom stereocenters. The predicted molar refractivity (Wildman–Crippen MR) is 83.5 cm³/mol. The van der Waals surface area contributed by atoms with Gasteiger partial charge in [-0.25, -0.2) is 9.78 Å². The van der Waals surface area contributed by atoms with Gasteiger partial charge in [-0.05, 0) is 24.6 Å². The Morgan fingerprint density at radius 1 is 1.24 bits per heavy atom. The quantitative estimate of drug-likeness (QED) is 0.783. The Morgan fingerprint density at radius 3 is 2.62 bits per heavy atom. The monoisotopic (exact) mass is 348 g/mol. The van der Waals surface area contributed by atoms with Gasteiger partial charge in [0.05, 0.1) is 12.9 Å². The van der Waals surface area contributed by atoms with E-state index in [1.54, 1.807) is 10.9 Å². The van der Waals surface area contributed by atoms with Gasteiger partial charge >= 0.3 is 5.69 Å². The molecule has 0 aliphatic rings. The van der Waals surface area contributed by atoms with Crippen LogP contribution in [-0.4, -0.2) is 19.1 Å². The number of nitrogens with zero attached hydrogens (tertiary/aromatic N) is 3. The van der Waals surface area contributed by atoms with E-state index in [0.717, 1.165) is 10.0 Å². The standard InChI is InChI=1S/C14H13BrN4O2/c1-2-18-8-16-12-11(18)13(20)17-14(21)19(12)7-9-3-5-10(15)6-4-9/h3-6,8H,2,7H2,1H3,(H,17,20,21).